The number of piperidine rings is 1. The SMILES string of the molecule is CC1CC=C(OS(=O)(=O)C(F)(F)F)N(C(=O)OC(C)(C)C)C1.CC1CC=C(c2cccc(N(C)C)c2)N(C(=O)OC(C)(C)C)C1.CC1CCC(c2cccc(N(C)C)c2)=NC1.CNc1cccc(B2OC(C)(C)C(C)(C)O2)c1.CNc1cccc(C2=CCC(C)CN2C(=O)OC(C)(C)C)c1.C[C@H]1CC[C@H](c2cccc(N(C)C)c2)NC1.[B].[H-].[Na+]. The third-order valence-electron chi connectivity index (χ3n) is 20.2. The van der Waals surface area contributed by atoms with E-state index in [4.69, 9.17) is 23.5 Å². The number of amides is 3. The molecule has 2 saturated heterocycles. The standard InChI is InChI=1S/C19H28N2O2.C18H26N2O2.C14H22N2.C14H20N2.C13H20BNO2.C12H18F3NO5S.B.Na.H/c1-14-10-11-17(15-8-7-9-16(12-15)20(5)6)21(13-14)18(22)23-19(2,3)4;1-13-9-10-16(14-7-6-8-15(11-14)19-5)20(12-13)17(21)22-18(2,3)4;2*1-11-7-8-14(15-10-11)12-5-4-6-13(9-12)16(2)3;1-12(2)13(3,4)17-14(16-12)10-7-6-8-11(9-10)15-5;1-8-5-6-9(21-22(18,19)12(13,14)15)16(7-8)10(17)20-11(2,3)4;;;/h7-9,11-12,14H,10,13H2,1-6H3;6-8,10-11,13,19H,9,12H2,1-5H3;4-6,9,11,14-15H,7-8,10H2,1-3H3;4-6,9,11H,7-8,10H2,1-3H3;6-9,15H,1-5H3;6,8H,5,7H2,1-4H3;;;/q;;;;;;;+1;-1/t;;11-,14+;;;;;;/m..0....../s1. The van der Waals surface area contributed by atoms with Crippen molar-refractivity contribution in [2.75, 3.05) is 114 Å². The molecular weight excluding hydrogens is 1530 g/mol. The fraction of sp³-hybridized carbons (Fsp3) is 0.556. The first kappa shape index (κ1) is 103. The molecule has 4 unspecified atom stereocenters. The van der Waals surface area contributed by atoms with Crippen LogP contribution in [0.5, 0.6) is 0 Å². The molecule has 11 rings (SSSR count). The number of benzene rings is 5. The molecule has 6 aliphatic rings. The van der Waals surface area contributed by atoms with Gasteiger partial charge in [0.1, 0.15) is 16.8 Å². The van der Waals surface area contributed by atoms with Crippen LogP contribution in [0.2, 0.25) is 0 Å². The van der Waals surface area contributed by atoms with Gasteiger partial charge in [0.15, 0.2) is 0 Å². The van der Waals surface area contributed by atoms with Crippen LogP contribution in [-0.4, -0.2) is 185 Å². The number of hydrogen-bond acceptors (Lipinski definition) is 18. The summed E-state index contributed by atoms with van der Waals surface area (Å²) < 4.78 is 91.6. The van der Waals surface area contributed by atoms with Crippen LogP contribution in [0.1, 0.15) is 199 Å². The Labute approximate surface area is 730 Å². The van der Waals surface area contributed by atoms with Gasteiger partial charge < -0.3 is 59.8 Å². The predicted octanol–water partition coefficient (Wildman–Crippen LogP) is 16.2. The number of carbonyl (C=O) groups excluding carboxylic acids is 3. The summed E-state index contributed by atoms with van der Waals surface area (Å²) in [5, 5.41) is 9.89. The Morgan fingerprint density at radius 2 is 0.949 bits per heavy atom. The van der Waals surface area contributed by atoms with E-state index in [1.807, 2.05) is 118 Å². The molecule has 0 aliphatic carbocycles. The molecule has 6 heterocycles. The van der Waals surface area contributed by atoms with Crippen molar-refractivity contribution in [3.05, 3.63) is 168 Å². The average molecular weight is 1670 g/mol. The van der Waals surface area contributed by atoms with Gasteiger partial charge in [-0.3, -0.25) is 14.8 Å². The molecule has 0 aromatic heterocycles. The van der Waals surface area contributed by atoms with Gasteiger partial charge in [0.25, 0.3) is 0 Å². The van der Waals surface area contributed by atoms with Gasteiger partial charge in [0, 0.05) is 142 Å². The Balaban J connectivity index is 0.000000369. The van der Waals surface area contributed by atoms with Crippen molar-refractivity contribution in [1.82, 2.24) is 20.0 Å². The maximum atomic E-state index is 12.6. The van der Waals surface area contributed by atoms with Crippen LogP contribution in [0.15, 0.2) is 150 Å². The van der Waals surface area contributed by atoms with E-state index in [-0.39, 0.29) is 88.8 Å². The maximum absolute atomic E-state index is 12.6. The van der Waals surface area contributed by atoms with Crippen LogP contribution < -0.4 is 65.7 Å². The van der Waals surface area contributed by atoms with Crippen LogP contribution in [0, 0.1) is 29.6 Å². The first-order chi connectivity index (χ1) is 53.9. The van der Waals surface area contributed by atoms with Gasteiger partial charge in [-0.2, -0.15) is 21.6 Å². The summed E-state index contributed by atoms with van der Waals surface area (Å²) in [7, 11) is 10.0. The number of nitrogens with zero attached hydrogens (tertiary/aromatic N) is 7. The molecular formula is C90H135B2F3N10NaO11S. The number of carbonyl (C=O) groups is 3. The van der Waals surface area contributed by atoms with Gasteiger partial charge in [0.05, 0.1) is 22.6 Å². The number of alkyl halides is 3. The summed E-state index contributed by atoms with van der Waals surface area (Å²) in [6.45, 7) is 38.5. The molecule has 5 aromatic rings. The third kappa shape index (κ3) is 32.1. The summed E-state index contributed by atoms with van der Waals surface area (Å²) in [5.41, 5.74) is 6.76. The van der Waals surface area contributed by atoms with E-state index in [0.717, 1.165) is 100 Å². The molecule has 21 nitrogen and oxygen atoms in total. The summed E-state index contributed by atoms with van der Waals surface area (Å²) >= 11 is 0. The number of rotatable bonds is 12. The monoisotopic (exact) mass is 1670 g/mol. The molecule has 3 N–H and O–H groups in total. The molecule has 118 heavy (non-hydrogen) atoms. The molecule has 0 saturated carbocycles. The predicted molar refractivity (Wildman–Crippen MR) is 476 cm³/mol. The molecule has 6 atom stereocenters. The topological polar surface area (TPSA) is 209 Å². The largest absolute Gasteiger partial charge is 1.00 e. The van der Waals surface area contributed by atoms with Gasteiger partial charge in [-0.1, -0.05) is 107 Å². The molecule has 3 radical (unpaired) electrons. The first-order valence-electron chi connectivity index (χ1n) is 40.5. The van der Waals surface area contributed by atoms with E-state index >= 15 is 0 Å². The smallest absolute Gasteiger partial charge is 1.00 e. The number of halogens is 3. The normalized spacial score (nSPS) is 20.2. The van der Waals surface area contributed by atoms with Crippen molar-refractivity contribution in [1.29, 1.82) is 0 Å². The molecule has 28 heteroatoms. The van der Waals surface area contributed by atoms with Crippen molar-refractivity contribution in [2.45, 2.75) is 209 Å². The van der Waals surface area contributed by atoms with Crippen molar-refractivity contribution in [3.63, 3.8) is 0 Å². The summed E-state index contributed by atoms with van der Waals surface area (Å²) in [6.07, 6.45) is 11.1. The average Bonchev–Trinajstić information content (AvgIpc) is 1.64. The minimum Gasteiger partial charge on any atom is -1.00 e. The zero-order chi connectivity index (χ0) is 86.6. The molecule has 0 spiro atoms. The van der Waals surface area contributed by atoms with Gasteiger partial charge in [-0.15, -0.1) is 0 Å². The minimum absolute atomic E-state index is 0. The van der Waals surface area contributed by atoms with E-state index in [1.54, 1.807) is 37.5 Å². The van der Waals surface area contributed by atoms with Crippen molar-refractivity contribution in [3.8, 4) is 0 Å². The number of aliphatic imine (C=N–C) groups is 1. The summed E-state index contributed by atoms with van der Waals surface area (Å²) in [4.78, 5) is 52.5. The Kier molecular flexibility index (Phi) is 39.0. The van der Waals surface area contributed by atoms with E-state index in [1.165, 1.54) is 47.5 Å². The van der Waals surface area contributed by atoms with Crippen molar-refractivity contribution in [2.24, 2.45) is 34.6 Å². The fourth-order valence-corrected chi connectivity index (χ4v) is 13.3. The number of hydrogen-bond donors (Lipinski definition) is 3. The second-order valence-corrected chi connectivity index (χ2v) is 37.3. The maximum Gasteiger partial charge on any atom is 1.00 e. The van der Waals surface area contributed by atoms with Crippen LogP contribution in [0.3, 0.4) is 0 Å². The van der Waals surface area contributed by atoms with Gasteiger partial charge in [-0.05, 0) is 254 Å². The second kappa shape index (κ2) is 44.8. The fourth-order valence-electron chi connectivity index (χ4n) is 12.9. The van der Waals surface area contributed by atoms with Crippen molar-refractivity contribution >= 4 is 94.9 Å². The zero-order valence-electron chi connectivity index (χ0n) is 76.5. The van der Waals surface area contributed by atoms with E-state index < -0.39 is 44.4 Å². The van der Waals surface area contributed by atoms with E-state index in [2.05, 4.69) is 208 Å². The zero-order valence-corrected chi connectivity index (χ0v) is 78.4. The number of allylic oxidation sites excluding steroid dienone is 3. The van der Waals surface area contributed by atoms with Crippen LogP contribution >= 0.6 is 0 Å². The molecule has 645 valence electrons. The molecule has 3 amide bonds. The number of ether oxygens (including phenoxy) is 3. The van der Waals surface area contributed by atoms with Crippen LogP contribution in [0.25, 0.3) is 11.4 Å². The van der Waals surface area contributed by atoms with Crippen molar-refractivity contribution < 1.29 is 94.7 Å². The Morgan fingerprint density at radius 3 is 1.38 bits per heavy atom. The third-order valence-corrected chi connectivity index (χ3v) is 21.1. The van der Waals surface area contributed by atoms with E-state index in [0.29, 0.717) is 31.0 Å². The summed E-state index contributed by atoms with van der Waals surface area (Å²) in [6, 6.07) is 42.5. The number of anilines is 5. The second-order valence-electron chi connectivity index (χ2n) is 35.7. The van der Waals surface area contributed by atoms with Gasteiger partial charge in [-0.25, -0.2) is 19.3 Å². The van der Waals surface area contributed by atoms with Gasteiger partial charge in [0.2, 0.25) is 5.88 Å². The molecule has 2 fully saturated rings. The molecule has 6 aliphatic heterocycles. The van der Waals surface area contributed by atoms with Crippen LogP contribution in [0.4, 0.5) is 56.0 Å². The molecule has 0 bridgehead atoms. The Hall–Kier alpha value is -7.65. The van der Waals surface area contributed by atoms with Gasteiger partial charge >= 0.3 is 70.6 Å². The van der Waals surface area contributed by atoms with Crippen LogP contribution in [-0.2, 0) is 37.8 Å². The first-order valence-corrected chi connectivity index (χ1v) is 41.9. The minimum atomic E-state index is -5.84. The number of nitrogens with one attached hydrogen (secondary N) is 3. The van der Waals surface area contributed by atoms with E-state index in [9.17, 15) is 36.0 Å². The summed E-state index contributed by atoms with van der Waals surface area (Å²) in [5.74, 6) is 1.68. The quantitative estimate of drug-likeness (QED) is 0.0459. The molecule has 5 aromatic carbocycles. The Bertz CT molecular complexity index is 4300. The Morgan fingerprint density at radius 1 is 0.542 bits per heavy atom.